The molecule has 0 fully saturated rings. The molecule has 1 aliphatic carbocycles. The second kappa shape index (κ2) is 8.51. The van der Waals surface area contributed by atoms with Gasteiger partial charge in [0.1, 0.15) is 11.9 Å². The third-order valence-corrected chi connectivity index (χ3v) is 8.88. The summed E-state index contributed by atoms with van der Waals surface area (Å²) in [5.41, 5.74) is 3.67. The smallest absolute Gasteiger partial charge is 0.207 e. The van der Waals surface area contributed by atoms with E-state index in [1.165, 1.54) is 0 Å². The van der Waals surface area contributed by atoms with Gasteiger partial charge in [-0.15, -0.1) is 0 Å². The number of hydrogen-bond donors (Lipinski definition) is 0. The van der Waals surface area contributed by atoms with Crippen LogP contribution in [0.15, 0.2) is 76.5 Å². The summed E-state index contributed by atoms with van der Waals surface area (Å²) < 4.78 is 46.1. The van der Waals surface area contributed by atoms with Crippen molar-refractivity contribution in [2.24, 2.45) is 0 Å². The fourth-order valence-corrected chi connectivity index (χ4v) is 6.96. The summed E-state index contributed by atoms with van der Waals surface area (Å²) in [6.07, 6.45) is 0.395. The van der Waals surface area contributed by atoms with Gasteiger partial charge in [0, 0.05) is 23.0 Å². The Balaban J connectivity index is 1.80. The molecule has 2 aliphatic rings. The molecule has 176 valence electrons. The molecule has 1 aliphatic heterocycles. The molecule has 1 heterocycles. The van der Waals surface area contributed by atoms with Gasteiger partial charge in [-0.25, -0.2) is 8.42 Å². The van der Waals surface area contributed by atoms with Crippen LogP contribution in [0.1, 0.15) is 47.4 Å². The van der Waals surface area contributed by atoms with E-state index >= 15 is 0 Å². The van der Waals surface area contributed by atoms with E-state index in [2.05, 4.69) is 6.92 Å². The zero-order chi connectivity index (χ0) is 24.0. The van der Waals surface area contributed by atoms with Gasteiger partial charge in [0.05, 0.1) is 24.0 Å². The van der Waals surface area contributed by atoms with Gasteiger partial charge in [-0.3, -0.25) is 0 Å². The highest BCUT2D eigenvalue weighted by Crippen LogP contribution is 2.56. The van der Waals surface area contributed by atoms with Gasteiger partial charge in [0.2, 0.25) is 9.84 Å². The summed E-state index contributed by atoms with van der Waals surface area (Å²) in [6, 6.07) is 20.4. The Hall–Kier alpha value is -3.25. The maximum Gasteiger partial charge on any atom is 0.207 e. The van der Waals surface area contributed by atoms with Gasteiger partial charge in [-0.05, 0) is 37.1 Å². The van der Waals surface area contributed by atoms with E-state index in [-0.39, 0.29) is 22.8 Å². The Morgan fingerprint density at radius 1 is 0.912 bits per heavy atom. The summed E-state index contributed by atoms with van der Waals surface area (Å²) in [5, 5.41) is 0. The normalized spacial score (nSPS) is 21.5. The van der Waals surface area contributed by atoms with Crippen LogP contribution in [-0.2, 0) is 14.6 Å². The number of sulfone groups is 1. The van der Waals surface area contributed by atoms with Crippen molar-refractivity contribution in [3.05, 3.63) is 93.9 Å². The topological polar surface area (TPSA) is 61.8 Å². The molecule has 5 rings (SSSR count). The van der Waals surface area contributed by atoms with Crippen molar-refractivity contribution < 1.29 is 22.6 Å². The average Bonchev–Trinajstić information content (AvgIpc) is 2.86. The summed E-state index contributed by atoms with van der Waals surface area (Å²) in [6.45, 7) is 4.04. The van der Waals surface area contributed by atoms with Crippen LogP contribution in [0.4, 0.5) is 0 Å². The Bertz CT molecular complexity index is 1360. The van der Waals surface area contributed by atoms with Crippen molar-refractivity contribution in [2.75, 3.05) is 14.2 Å². The SMILES string of the molecule is COc1ccc2c(c1OC)[C@H](C)[C@@H]1C[C@H]2C(S(=O)(=O)c2ccc(C)cc2)=C(c2ccccc2)O1. The maximum atomic E-state index is 14.2. The minimum atomic E-state index is -3.84. The average molecular weight is 477 g/mol. The third-order valence-electron chi connectivity index (χ3n) is 6.94. The molecule has 34 heavy (non-hydrogen) atoms. The van der Waals surface area contributed by atoms with E-state index in [1.54, 1.807) is 26.4 Å². The second-order valence-electron chi connectivity index (χ2n) is 8.91. The van der Waals surface area contributed by atoms with Gasteiger partial charge >= 0.3 is 0 Å². The zero-order valence-corrected chi connectivity index (χ0v) is 20.6. The number of rotatable bonds is 5. The van der Waals surface area contributed by atoms with E-state index in [4.69, 9.17) is 14.2 Å². The standard InChI is InChI=1S/C28H28O5S/c1-17-10-12-20(13-11-17)34(29,30)28-22-16-24(33-26(28)19-8-6-5-7-9-19)18(2)25-21(22)14-15-23(31-3)27(25)32-4/h5-15,18,22,24H,16H2,1-4H3/t18-,22-,24+/m1/s1. The lowest BCUT2D eigenvalue weighted by Gasteiger charge is -2.43. The van der Waals surface area contributed by atoms with Gasteiger partial charge in [-0.2, -0.15) is 0 Å². The lowest BCUT2D eigenvalue weighted by molar-refractivity contribution is 0.105. The van der Waals surface area contributed by atoms with E-state index in [1.807, 2.05) is 61.5 Å². The van der Waals surface area contributed by atoms with E-state index < -0.39 is 9.84 Å². The molecular weight excluding hydrogens is 448 g/mol. The first-order valence-electron chi connectivity index (χ1n) is 11.4. The Morgan fingerprint density at radius 3 is 2.26 bits per heavy atom. The molecule has 3 aromatic carbocycles. The van der Waals surface area contributed by atoms with Crippen molar-refractivity contribution in [1.29, 1.82) is 0 Å². The van der Waals surface area contributed by atoms with Crippen LogP contribution in [-0.4, -0.2) is 28.7 Å². The molecule has 0 radical (unpaired) electrons. The number of benzene rings is 3. The molecule has 5 nitrogen and oxygen atoms in total. The molecular formula is C28H28O5S. The summed E-state index contributed by atoms with van der Waals surface area (Å²) in [5.74, 6) is 1.35. The first-order valence-corrected chi connectivity index (χ1v) is 12.9. The van der Waals surface area contributed by atoms with Crippen molar-refractivity contribution in [3.8, 4) is 11.5 Å². The largest absolute Gasteiger partial charge is 0.493 e. The molecule has 0 amide bonds. The molecule has 0 aromatic heterocycles. The molecule has 6 heteroatoms. The summed E-state index contributed by atoms with van der Waals surface area (Å²) >= 11 is 0. The number of fused-ring (bicyclic) bond motifs is 4. The minimum Gasteiger partial charge on any atom is -0.493 e. The Kier molecular flexibility index (Phi) is 5.64. The van der Waals surface area contributed by atoms with Crippen LogP contribution in [0.25, 0.3) is 5.76 Å². The van der Waals surface area contributed by atoms with Crippen molar-refractivity contribution in [3.63, 3.8) is 0 Å². The molecule has 0 N–H and O–H groups in total. The quantitative estimate of drug-likeness (QED) is 0.463. The Morgan fingerprint density at radius 2 is 1.62 bits per heavy atom. The van der Waals surface area contributed by atoms with Gasteiger partial charge in [0.15, 0.2) is 11.5 Å². The van der Waals surface area contributed by atoms with Crippen LogP contribution in [0.2, 0.25) is 0 Å². The Labute approximate surface area is 200 Å². The highest BCUT2D eigenvalue weighted by molar-refractivity contribution is 7.95. The van der Waals surface area contributed by atoms with Crippen LogP contribution >= 0.6 is 0 Å². The van der Waals surface area contributed by atoms with E-state index in [0.717, 1.165) is 22.3 Å². The van der Waals surface area contributed by atoms with Gasteiger partial charge in [0.25, 0.3) is 0 Å². The predicted octanol–water partition coefficient (Wildman–Crippen LogP) is 5.84. The van der Waals surface area contributed by atoms with E-state index in [9.17, 15) is 8.42 Å². The molecule has 3 aromatic rings. The maximum absolute atomic E-state index is 14.2. The molecule has 0 unspecified atom stereocenters. The van der Waals surface area contributed by atoms with Crippen LogP contribution < -0.4 is 9.47 Å². The lowest BCUT2D eigenvalue weighted by atomic mass is 9.73. The molecule has 0 spiro atoms. The van der Waals surface area contributed by atoms with Gasteiger partial charge in [-0.1, -0.05) is 61.0 Å². The molecule has 0 saturated heterocycles. The minimum absolute atomic E-state index is 0.00126. The number of hydrogen-bond acceptors (Lipinski definition) is 5. The predicted molar refractivity (Wildman–Crippen MR) is 132 cm³/mol. The number of aryl methyl sites for hydroxylation is 1. The zero-order valence-electron chi connectivity index (χ0n) is 19.7. The second-order valence-corrected chi connectivity index (χ2v) is 10.8. The van der Waals surface area contributed by atoms with Crippen molar-refractivity contribution in [1.82, 2.24) is 0 Å². The molecule has 3 atom stereocenters. The van der Waals surface area contributed by atoms with Crippen molar-refractivity contribution >= 4 is 15.6 Å². The van der Waals surface area contributed by atoms with Gasteiger partial charge < -0.3 is 14.2 Å². The fraction of sp³-hybridized carbons (Fsp3) is 0.286. The van der Waals surface area contributed by atoms with Crippen LogP contribution in [0.3, 0.4) is 0 Å². The number of methoxy groups -OCH3 is 2. The summed E-state index contributed by atoms with van der Waals surface area (Å²) in [4.78, 5) is 0.573. The number of allylic oxidation sites excluding steroid dienone is 1. The third kappa shape index (κ3) is 3.48. The fourth-order valence-electron chi connectivity index (χ4n) is 5.21. The highest BCUT2D eigenvalue weighted by Gasteiger charge is 2.47. The van der Waals surface area contributed by atoms with Crippen molar-refractivity contribution in [2.45, 2.75) is 43.1 Å². The highest BCUT2D eigenvalue weighted by atomic mass is 32.2. The lowest BCUT2D eigenvalue weighted by Crippen LogP contribution is -2.36. The molecule has 0 saturated carbocycles. The van der Waals surface area contributed by atoms with Crippen LogP contribution in [0, 0.1) is 6.92 Å². The first-order chi connectivity index (χ1) is 16.4. The van der Waals surface area contributed by atoms with Crippen LogP contribution in [0.5, 0.6) is 11.5 Å². The monoisotopic (exact) mass is 476 g/mol. The van der Waals surface area contributed by atoms with E-state index in [0.29, 0.717) is 28.6 Å². The number of ether oxygens (including phenoxy) is 3. The molecule has 2 bridgehead atoms. The summed E-state index contributed by atoms with van der Waals surface area (Å²) in [7, 11) is -0.617. The first kappa shape index (κ1) is 22.5.